The minimum atomic E-state index is -0.426. The molecule has 118 valence electrons. The molecular formula is C17H29N3O. The van der Waals surface area contributed by atoms with Crippen molar-refractivity contribution in [1.29, 1.82) is 0 Å². The highest BCUT2D eigenvalue weighted by Crippen LogP contribution is 2.09. The van der Waals surface area contributed by atoms with E-state index >= 15 is 0 Å². The van der Waals surface area contributed by atoms with Crippen molar-refractivity contribution < 1.29 is 4.79 Å². The van der Waals surface area contributed by atoms with Crippen molar-refractivity contribution in [3.63, 3.8) is 0 Å². The smallest absolute Gasteiger partial charge is 0.237 e. The van der Waals surface area contributed by atoms with E-state index in [0.29, 0.717) is 6.54 Å². The number of carbonyl (C=O) groups excluding carboxylic acids is 1. The van der Waals surface area contributed by atoms with Crippen LogP contribution < -0.4 is 11.1 Å². The van der Waals surface area contributed by atoms with Gasteiger partial charge >= 0.3 is 0 Å². The molecule has 0 heterocycles. The van der Waals surface area contributed by atoms with Gasteiger partial charge in [-0.15, -0.1) is 0 Å². The van der Waals surface area contributed by atoms with Crippen LogP contribution in [-0.2, 0) is 17.9 Å². The molecule has 0 radical (unpaired) electrons. The number of hydrogen-bond donors (Lipinski definition) is 2. The maximum Gasteiger partial charge on any atom is 0.237 e. The molecule has 2 unspecified atom stereocenters. The number of nitrogens with two attached hydrogens (primary N) is 1. The SMILES string of the molecule is CCC(C)C(N)C(=O)NCc1cccc(CN(C)CC)c1. The molecule has 0 aliphatic carbocycles. The van der Waals surface area contributed by atoms with Gasteiger partial charge in [0.25, 0.3) is 0 Å². The first-order valence-corrected chi connectivity index (χ1v) is 7.77. The Balaban J connectivity index is 2.55. The van der Waals surface area contributed by atoms with Crippen LogP contribution in [0.2, 0.25) is 0 Å². The molecule has 0 aliphatic heterocycles. The lowest BCUT2D eigenvalue weighted by atomic mass is 9.99. The van der Waals surface area contributed by atoms with Crippen LogP contribution >= 0.6 is 0 Å². The fourth-order valence-electron chi connectivity index (χ4n) is 2.08. The van der Waals surface area contributed by atoms with Gasteiger partial charge < -0.3 is 16.0 Å². The fourth-order valence-corrected chi connectivity index (χ4v) is 2.08. The molecule has 1 amide bonds. The second kappa shape index (κ2) is 8.80. The Morgan fingerprint density at radius 3 is 2.62 bits per heavy atom. The standard InChI is InChI=1S/C17H29N3O/c1-5-13(3)16(18)17(21)19-11-14-8-7-9-15(10-14)12-20(4)6-2/h7-10,13,16H,5-6,11-12,18H2,1-4H3,(H,19,21). The van der Waals surface area contributed by atoms with Crippen molar-refractivity contribution in [1.82, 2.24) is 10.2 Å². The molecule has 1 aromatic carbocycles. The third-order valence-electron chi connectivity index (χ3n) is 4.01. The Labute approximate surface area is 128 Å². The van der Waals surface area contributed by atoms with Crippen LogP contribution in [0.1, 0.15) is 38.3 Å². The summed E-state index contributed by atoms with van der Waals surface area (Å²) in [7, 11) is 2.10. The second-order valence-electron chi connectivity index (χ2n) is 5.78. The zero-order chi connectivity index (χ0) is 15.8. The Hall–Kier alpha value is -1.39. The van der Waals surface area contributed by atoms with E-state index < -0.39 is 6.04 Å². The zero-order valence-electron chi connectivity index (χ0n) is 13.7. The molecular weight excluding hydrogens is 262 g/mol. The number of nitrogens with one attached hydrogen (secondary N) is 1. The third-order valence-corrected chi connectivity index (χ3v) is 4.01. The van der Waals surface area contributed by atoms with Crippen molar-refractivity contribution in [2.24, 2.45) is 11.7 Å². The summed E-state index contributed by atoms with van der Waals surface area (Å²) < 4.78 is 0. The molecule has 0 bridgehead atoms. The van der Waals surface area contributed by atoms with Crippen LogP contribution in [0.4, 0.5) is 0 Å². The fraction of sp³-hybridized carbons (Fsp3) is 0.588. The van der Waals surface area contributed by atoms with E-state index in [1.165, 1.54) is 5.56 Å². The van der Waals surface area contributed by atoms with Crippen LogP contribution in [0.5, 0.6) is 0 Å². The Bertz CT molecular complexity index is 447. The molecule has 4 nitrogen and oxygen atoms in total. The summed E-state index contributed by atoms with van der Waals surface area (Å²) in [5.41, 5.74) is 8.30. The number of nitrogens with zero attached hydrogens (tertiary/aromatic N) is 1. The second-order valence-corrected chi connectivity index (χ2v) is 5.78. The molecule has 3 N–H and O–H groups in total. The lowest BCUT2D eigenvalue weighted by Crippen LogP contribution is -2.44. The first kappa shape index (κ1) is 17.7. The van der Waals surface area contributed by atoms with Crippen molar-refractivity contribution in [2.45, 2.75) is 46.3 Å². The Morgan fingerprint density at radius 1 is 1.33 bits per heavy atom. The molecule has 1 aromatic rings. The average Bonchev–Trinajstić information content (AvgIpc) is 2.51. The highest BCUT2D eigenvalue weighted by Gasteiger charge is 2.18. The van der Waals surface area contributed by atoms with Crippen LogP contribution in [0, 0.1) is 5.92 Å². The summed E-state index contributed by atoms with van der Waals surface area (Å²) in [6, 6.07) is 7.90. The van der Waals surface area contributed by atoms with Crippen molar-refractivity contribution in [2.75, 3.05) is 13.6 Å². The summed E-state index contributed by atoms with van der Waals surface area (Å²) in [6.07, 6.45) is 0.910. The first-order valence-electron chi connectivity index (χ1n) is 7.77. The Morgan fingerprint density at radius 2 is 2.00 bits per heavy atom. The van der Waals surface area contributed by atoms with Crippen LogP contribution in [0.15, 0.2) is 24.3 Å². The van der Waals surface area contributed by atoms with Crippen molar-refractivity contribution in [3.8, 4) is 0 Å². The monoisotopic (exact) mass is 291 g/mol. The molecule has 0 aromatic heterocycles. The molecule has 2 atom stereocenters. The number of benzene rings is 1. The van der Waals surface area contributed by atoms with E-state index in [2.05, 4.69) is 36.3 Å². The van der Waals surface area contributed by atoms with Gasteiger partial charge in [-0.2, -0.15) is 0 Å². The van der Waals surface area contributed by atoms with Crippen LogP contribution in [0.3, 0.4) is 0 Å². The van der Waals surface area contributed by atoms with Crippen molar-refractivity contribution in [3.05, 3.63) is 35.4 Å². The molecule has 0 saturated carbocycles. The number of carbonyl (C=O) groups is 1. The minimum Gasteiger partial charge on any atom is -0.351 e. The van der Waals surface area contributed by atoms with Crippen LogP contribution in [0.25, 0.3) is 0 Å². The lowest BCUT2D eigenvalue weighted by molar-refractivity contribution is -0.123. The van der Waals surface area contributed by atoms with Gasteiger partial charge in [0, 0.05) is 13.1 Å². The predicted molar refractivity (Wildman–Crippen MR) is 87.7 cm³/mol. The molecule has 0 spiro atoms. The first-order chi connectivity index (χ1) is 9.97. The van der Waals surface area contributed by atoms with E-state index in [1.54, 1.807) is 0 Å². The summed E-state index contributed by atoms with van der Waals surface area (Å²) in [6.45, 7) is 8.67. The average molecular weight is 291 g/mol. The van der Waals surface area contributed by atoms with E-state index in [9.17, 15) is 4.79 Å². The summed E-state index contributed by atoms with van der Waals surface area (Å²) in [5, 5.41) is 2.93. The van der Waals surface area contributed by atoms with E-state index in [-0.39, 0.29) is 11.8 Å². The lowest BCUT2D eigenvalue weighted by Gasteiger charge is -2.18. The maximum absolute atomic E-state index is 12.0. The van der Waals surface area contributed by atoms with E-state index in [4.69, 9.17) is 5.73 Å². The predicted octanol–water partition coefficient (Wildman–Crippen LogP) is 2.13. The summed E-state index contributed by atoms with van der Waals surface area (Å²) >= 11 is 0. The zero-order valence-corrected chi connectivity index (χ0v) is 13.7. The number of hydrogen-bond acceptors (Lipinski definition) is 3. The maximum atomic E-state index is 12.0. The van der Waals surface area contributed by atoms with Gasteiger partial charge in [0.2, 0.25) is 5.91 Å². The van der Waals surface area contributed by atoms with Gasteiger partial charge in [-0.05, 0) is 30.6 Å². The molecule has 1 rings (SSSR count). The highest BCUT2D eigenvalue weighted by molar-refractivity contribution is 5.81. The molecule has 0 fully saturated rings. The highest BCUT2D eigenvalue weighted by atomic mass is 16.2. The topological polar surface area (TPSA) is 58.4 Å². The van der Waals surface area contributed by atoms with Gasteiger partial charge in [-0.1, -0.05) is 51.5 Å². The van der Waals surface area contributed by atoms with Gasteiger partial charge in [-0.3, -0.25) is 4.79 Å². The normalized spacial score (nSPS) is 14.0. The summed E-state index contributed by atoms with van der Waals surface area (Å²) in [4.78, 5) is 14.2. The molecule has 4 heteroatoms. The van der Waals surface area contributed by atoms with Gasteiger partial charge in [0.1, 0.15) is 0 Å². The quantitative estimate of drug-likeness (QED) is 0.771. The summed E-state index contributed by atoms with van der Waals surface area (Å²) in [5.74, 6) is 0.134. The number of rotatable bonds is 8. The van der Waals surface area contributed by atoms with E-state index in [1.807, 2.05) is 26.0 Å². The van der Waals surface area contributed by atoms with Crippen LogP contribution in [-0.4, -0.2) is 30.4 Å². The van der Waals surface area contributed by atoms with Gasteiger partial charge in [-0.25, -0.2) is 0 Å². The van der Waals surface area contributed by atoms with Gasteiger partial charge in [0.05, 0.1) is 6.04 Å². The number of amides is 1. The minimum absolute atomic E-state index is 0.0690. The molecule has 21 heavy (non-hydrogen) atoms. The molecule has 0 aliphatic rings. The van der Waals surface area contributed by atoms with Crippen molar-refractivity contribution >= 4 is 5.91 Å². The Kier molecular flexibility index (Phi) is 7.40. The largest absolute Gasteiger partial charge is 0.351 e. The third kappa shape index (κ3) is 5.86. The van der Waals surface area contributed by atoms with E-state index in [0.717, 1.165) is 25.1 Å². The van der Waals surface area contributed by atoms with Gasteiger partial charge in [0.15, 0.2) is 0 Å². The molecule has 0 saturated heterocycles.